The van der Waals surface area contributed by atoms with Crippen LogP contribution in [0.25, 0.3) is 10.9 Å². The molecule has 4 rings (SSSR count). The van der Waals surface area contributed by atoms with Crippen molar-refractivity contribution >= 4 is 22.6 Å². The van der Waals surface area contributed by atoms with E-state index in [1.807, 2.05) is 13.0 Å². The number of aryl methyl sites for hydroxylation is 2. The summed E-state index contributed by atoms with van der Waals surface area (Å²) in [6.45, 7) is 6.89. The number of esters is 1. The van der Waals surface area contributed by atoms with Gasteiger partial charge in [-0.1, -0.05) is 18.2 Å². The lowest BCUT2D eigenvalue weighted by atomic mass is 10.1. The molecule has 31 heavy (non-hydrogen) atoms. The van der Waals surface area contributed by atoms with Crippen LogP contribution in [0.5, 0.6) is 0 Å². The van der Waals surface area contributed by atoms with Crippen LogP contribution in [0, 0.1) is 24.0 Å². The average Bonchev–Trinajstić information content (AvgIpc) is 3.37. The zero-order valence-corrected chi connectivity index (χ0v) is 17.9. The van der Waals surface area contributed by atoms with Crippen LogP contribution in [-0.2, 0) is 17.8 Å². The van der Waals surface area contributed by atoms with Crippen LogP contribution < -0.4 is 0 Å². The number of nitro benzene ring substituents is 1. The van der Waals surface area contributed by atoms with E-state index in [0.29, 0.717) is 16.7 Å². The maximum absolute atomic E-state index is 12.9. The summed E-state index contributed by atoms with van der Waals surface area (Å²) in [5, 5.41) is 12.0. The molecule has 2 aromatic carbocycles. The van der Waals surface area contributed by atoms with Crippen molar-refractivity contribution in [3.63, 3.8) is 0 Å². The molecule has 0 saturated carbocycles. The highest BCUT2D eigenvalue weighted by atomic mass is 16.6. The summed E-state index contributed by atoms with van der Waals surface area (Å²) in [6, 6.07) is 11.1. The number of ether oxygens (including phenoxy) is 1. The number of aromatic nitrogens is 1. The second kappa shape index (κ2) is 8.89. The van der Waals surface area contributed by atoms with Gasteiger partial charge in [0.25, 0.3) is 5.69 Å². The first kappa shape index (κ1) is 21.1. The van der Waals surface area contributed by atoms with E-state index < -0.39 is 10.9 Å². The largest absolute Gasteiger partial charge is 0.457 e. The number of nitrogens with zero attached hydrogens (tertiary/aromatic N) is 2. The van der Waals surface area contributed by atoms with Crippen molar-refractivity contribution in [3.8, 4) is 0 Å². The van der Waals surface area contributed by atoms with E-state index in [4.69, 9.17) is 4.74 Å². The number of benzene rings is 2. The highest BCUT2D eigenvalue weighted by molar-refractivity contribution is 6.05. The molecule has 7 nitrogen and oxygen atoms in total. The Hall–Kier alpha value is -3.19. The minimum absolute atomic E-state index is 0.0132. The number of H-pyrrole nitrogens is 1. The Morgan fingerprint density at radius 3 is 2.61 bits per heavy atom. The van der Waals surface area contributed by atoms with Gasteiger partial charge in [0, 0.05) is 34.8 Å². The topological polar surface area (TPSA) is 88.5 Å². The fourth-order valence-corrected chi connectivity index (χ4v) is 4.25. The number of aromatic amines is 1. The number of hydrogen-bond acceptors (Lipinski definition) is 5. The first-order valence-corrected chi connectivity index (χ1v) is 10.7. The summed E-state index contributed by atoms with van der Waals surface area (Å²) >= 11 is 0. The molecule has 7 heteroatoms. The number of hydrogen-bond donors (Lipinski definition) is 1. The zero-order chi connectivity index (χ0) is 22.0. The number of nitro groups is 1. The van der Waals surface area contributed by atoms with Gasteiger partial charge in [-0.25, -0.2) is 4.79 Å². The van der Waals surface area contributed by atoms with E-state index in [9.17, 15) is 14.9 Å². The molecular weight excluding hydrogens is 394 g/mol. The van der Waals surface area contributed by atoms with Crippen molar-refractivity contribution in [2.75, 3.05) is 19.6 Å². The van der Waals surface area contributed by atoms with Crippen LogP contribution >= 0.6 is 0 Å². The van der Waals surface area contributed by atoms with Crippen LogP contribution in [0.3, 0.4) is 0 Å². The van der Waals surface area contributed by atoms with Crippen molar-refractivity contribution in [3.05, 3.63) is 74.5 Å². The van der Waals surface area contributed by atoms with Crippen LogP contribution in [-0.4, -0.2) is 40.4 Å². The smallest absolute Gasteiger partial charge is 0.340 e. The standard InChI is InChI=1S/C24H27N3O4/c1-16-5-6-19(14-22(16)27(29)30)15-31-24(28)23-17(2)25-21-8-7-18(13-20(21)23)9-12-26-10-3-4-11-26/h5-8,13-14,25H,3-4,9-12,15H2,1-2H3. The summed E-state index contributed by atoms with van der Waals surface area (Å²) in [6.07, 6.45) is 3.49. The Bertz CT molecular complexity index is 1130. The molecule has 1 saturated heterocycles. The number of likely N-dealkylation sites (tertiary alicyclic amines) is 1. The molecule has 3 aromatic rings. The third-order valence-electron chi connectivity index (χ3n) is 6.01. The molecule has 1 N–H and O–H groups in total. The van der Waals surface area contributed by atoms with Crippen LogP contribution in [0.1, 0.15) is 45.6 Å². The number of rotatable bonds is 7. The first-order valence-electron chi connectivity index (χ1n) is 10.7. The van der Waals surface area contributed by atoms with Crippen molar-refractivity contribution in [2.45, 2.75) is 39.7 Å². The molecule has 0 spiro atoms. The lowest BCUT2D eigenvalue weighted by Gasteiger charge is -2.14. The molecule has 0 atom stereocenters. The summed E-state index contributed by atoms with van der Waals surface area (Å²) < 4.78 is 5.53. The van der Waals surface area contributed by atoms with Gasteiger partial charge in [0.2, 0.25) is 0 Å². The minimum atomic E-state index is -0.427. The van der Waals surface area contributed by atoms with Gasteiger partial charge in [-0.2, -0.15) is 0 Å². The molecule has 2 heterocycles. The zero-order valence-electron chi connectivity index (χ0n) is 17.9. The normalized spacial score (nSPS) is 14.3. The van der Waals surface area contributed by atoms with Gasteiger partial charge in [-0.05, 0) is 69.5 Å². The second-order valence-corrected chi connectivity index (χ2v) is 8.26. The SMILES string of the molecule is Cc1ccc(COC(=O)c2c(C)[nH]c3ccc(CCN4CCCC4)cc23)cc1[N+](=O)[O-]. The highest BCUT2D eigenvalue weighted by Gasteiger charge is 2.19. The Kier molecular flexibility index (Phi) is 6.04. The molecule has 0 amide bonds. The lowest BCUT2D eigenvalue weighted by Crippen LogP contribution is -2.21. The van der Waals surface area contributed by atoms with Gasteiger partial charge in [0.1, 0.15) is 6.61 Å². The van der Waals surface area contributed by atoms with Crippen molar-refractivity contribution in [1.82, 2.24) is 9.88 Å². The summed E-state index contributed by atoms with van der Waals surface area (Å²) in [4.78, 5) is 29.4. The Morgan fingerprint density at radius 1 is 1.13 bits per heavy atom. The summed E-state index contributed by atoms with van der Waals surface area (Å²) in [5.74, 6) is -0.427. The van der Waals surface area contributed by atoms with E-state index in [2.05, 4.69) is 22.0 Å². The van der Waals surface area contributed by atoms with E-state index in [1.54, 1.807) is 19.1 Å². The Balaban J connectivity index is 1.50. The maximum Gasteiger partial charge on any atom is 0.340 e. The third-order valence-corrected chi connectivity index (χ3v) is 6.01. The van der Waals surface area contributed by atoms with Crippen LogP contribution in [0.15, 0.2) is 36.4 Å². The Labute approximate surface area is 181 Å². The number of carbonyl (C=O) groups is 1. The van der Waals surface area contributed by atoms with E-state index in [-0.39, 0.29) is 12.3 Å². The molecule has 162 valence electrons. The number of fused-ring (bicyclic) bond motifs is 1. The van der Waals surface area contributed by atoms with Gasteiger partial charge in [-0.3, -0.25) is 10.1 Å². The van der Waals surface area contributed by atoms with Gasteiger partial charge in [0.15, 0.2) is 0 Å². The van der Waals surface area contributed by atoms with E-state index >= 15 is 0 Å². The summed E-state index contributed by atoms with van der Waals surface area (Å²) in [5.41, 5.74) is 4.58. The van der Waals surface area contributed by atoms with Crippen molar-refractivity contribution in [1.29, 1.82) is 0 Å². The molecular formula is C24H27N3O4. The molecule has 1 aliphatic heterocycles. The third kappa shape index (κ3) is 4.61. The van der Waals surface area contributed by atoms with Gasteiger partial charge < -0.3 is 14.6 Å². The molecule has 0 radical (unpaired) electrons. The summed E-state index contributed by atoms with van der Waals surface area (Å²) in [7, 11) is 0. The first-order chi connectivity index (χ1) is 14.9. The van der Waals surface area contributed by atoms with Crippen LogP contribution in [0.4, 0.5) is 5.69 Å². The van der Waals surface area contributed by atoms with Crippen LogP contribution in [0.2, 0.25) is 0 Å². The molecule has 1 fully saturated rings. The van der Waals surface area contributed by atoms with E-state index in [0.717, 1.165) is 29.6 Å². The van der Waals surface area contributed by atoms with Gasteiger partial charge in [0.05, 0.1) is 10.5 Å². The fraction of sp³-hybridized carbons (Fsp3) is 0.375. The van der Waals surface area contributed by atoms with Crippen molar-refractivity contribution < 1.29 is 14.5 Å². The number of nitrogens with one attached hydrogen (secondary N) is 1. The lowest BCUT2D eigenvalue weighted by molar-refractivity contribution is -0.385. The van der Waals surface area contributed by atoms with Crippen molar-refractivity contribution in [2.24, 2.45) is 0 Å². The van der Waals surface area contributed by atoms with E-state index in [1.165, 1.54) is 37.6 Å². The van der Waals surface area contributed by atoms with Gasteiger partial charge in [-0.15, -0.1) is 0 Å². The monoisotopic (exact) mass is 421 g/mol. The predicted molar refractivity (Wildman–Crippen MR) is 119 cm³/mol. The minimum Gasteiger partial charge on any atom is -0.457 e. The number of carbonyl (C=O) groups excluding carboxylic acids is 1. The molecule has 0 unspecified atom stereocenters. The Morgan fingerprint density at radius 2 is 1.87 bits per heavy atom. The molecule has 1 aromatic heterocycles. The maximum atomic E-state index is 12.9. The molecule has 0 aliphatic carbocycles. The average molecular weight is 421 g/mol. The quantitative estimate of drug-likeness (QED) is 0.340. The predicted octanol–water partition coefficient (Wildman–Crippen LogP) is 4.69. The second-order valence-electron chi connectivity index (χ2n) is 8.26. The molecule has 1 aliphatic rings. The molecule has 0 bridgehead atoms. The fourth-order valence-electron chi connectivity index (χ4n) is 4.25. The van der Waals surface area contributed by atoms with Gasteiger partial charge >= 0.3 is 5.97 Å². The highest BCUT2D eigenvalue weighted by Crippen LogP contribution is 2.26.